The number of halogens is 1. The Bertz CT molecular complexity index is 817. The molecule has 0 aromatic heterocycles. The average molecular weight is 400 g/mol. The van der Waals surface area contributed by atoms with Crippen LogP contribution in [0.5, 0.6) is 0 Å². The molecule has 0 spiro atoms. The van der Waals surface area contributed by atoms with Crippen molar-refractivity contribution in [3.05, 3.63) is 40.4 Å². The number of hydrogen-bond acceptors (Lipinski definition) is 5. The molecule has 0 saturated heterocycles. The third-order valence-corrected chi connectivity index (χ3v) is 5.47. The molecule has 1 heterocycles. The molecule has 7 nitrogen and oxygen atoms in total. The highest BCUT2D eigenvalue weighted by Gasteiger charge is 2.32. The Morgan fingerprint density at radius 1 is 1.31 bits per heavy atom. The predicted molar refractivity (Wildman–Crippen MR) is 103 cm³/mol. The highest BCUT2D eigenvalue weighted by Crippen LogP contribution is 2.30. The number of aliphatic imine (C=N–C) groups is 1. The first-order valence-corrected chi connectivity index (χ1v) is 10.1. The van der Waals surface area contributed by atoms with Gasteiger partial charge >= 0.3 is 0 Å². The van der Waals surface area contributed by atoms with Crippen LogP contribution in [0.4, 0.5) is 0 Å². The van der Waals surface area contributed by atoms with Crippen molar-refractivity contribution in [1.29, 1.82) is 0 Å². The molecule has 9 heteroatoms. The van der Waals surface area contributed by atoms with Crippen molar-refractivity contribution in [1.82, 2.24) is 10.0 Å². The summed E-state index contributed by atoms with van der Waals surface area (Å²) in [6.07, 6.45) is 0.711. The van der Waals surface area contributed by atoms with Gasteiger partial charge in [-0.2, -0.15) is 0 Å². The average Bonchev–Trinajstić information content (AvgIpc) is 2.82. The van der Waals surface area contributed by atoms with Gasteiger partial charge in [0.25, 0.3) is 10.0 Å². The first-order chi connectivity index (χ1) is 12.3. The minimum atomic E-state index is -3.72. The molecule has 0 bridgehead atoms. The SMILES string of the molecule is CCOCCCNC(=O)CN=C1NS(=O)(=O)C(c2ccc(Cl)cc2)=C1C. The first-order valence-electron chi connectivity index (χ1n) is 8.24. The highest BCUT2D eigenvalue weighted by atomic mass is 35.5. The number of carbonyl (C=O) groups excluding carboxylic acids is 1. The van der Waals surface area contributed by atoms with E-state index in [1.165, 1.54) is 0 Å². The lowest BCUT2D eigenvalue weighted by molar-refractivity contribution is -0.119. The second-order valence-corrected chi connectivity index (χ2v) is 7.69. The number of ether oxygens (including phenoxy) is 1. The van der Waals surface area contributed by atoms with Gasteiger partial charge in [0.2, 0.25) is 5.91 Å². The molecule has 0 radical (unpaired) electrons. The fourth-order valence-corrected chi connectivity index (χ4v) is 4.09. The zero-order valence-corrected chi connectivity index (χ0v) is 16.3. The van der Waals surface area contributed by atoms with Crippen LogP contribution >= 0.6 is 11.6 Å². The number of benzene rings is 1. The maximum absolute atomic E-state index is 12.4. The summed E-state index contributed by atoms with van der Waals surface area (Å²) in [6, 6.07) is 6.51. The van der Waals surface area contributed by atoms with Gasteiger partial charge in [0, 0.05) is 30.4 Å². The number of rotatable bonds is 8. The maximum atomic E-state index is 12.4. The molecule has 0 fully saturated rings. The summed E-state index contributed by atoms with van der Waals surface area (Å²) in [5.41, 5.74) is 0.987. The molecular formula is C17H22ClN3O4S. The molecule has 1 aromatic carbocycles. The largest absolute Gasteiger partial charge is 0.382 e. The number of sulfonamides is 1. The molecular weight excluding hydrogens is 378 g/mol. The Kier molecular flexibility index (Phi) is 7.19. The first kappa shape index (κ1) is 20.4. The minimum absolute atomic E-state index is 0.144. The molecule has 2 rings (SSSR count). The van der Waals surface area contributed by atoms with Crippen LogP contribution in [-0.4, -0.2) is 46.5 Å². The van der Waals surface area contributed by atoms with Gasteiger partial charge in [-0.3, -0.25) is 14.5 Å². The van der Waals surface area contributed by atoms with E-state index in [0.717, 1.165) is 0 Å². The van der Waals surface area contributed by atoms with E-state index in [4.69, 9.17) is 16.3 Å². The van der Waals surface area contributed by atoms with E-state index in [1.54, 1.807) is 31.2 Å². The highest BCUT2D eigenvalue weighted by molar-refractivity contribution is 8.00. The van der Waals surface area contributed by atoms with Crippen molar-refractivity contribution in [2.45, 2.75) is 20.3 Å². The van der Waals surface area contributed by atoms with E-state index in [2.05, 4.69) is 15.0 Å². The number of nitrogens with one attached hydrogen (secondary N) is 2. The predicted octanol–water partition coefficient (Wildman–Crippen LogP) is 1.95. The molecule has 1 aromatic rings. The minimum Gasteiger partial charge on any atom is -0.382 e. The molecule has 0 aliphatic carbocycles. The fourth-order valence-electron chi connectivity index (χ4n) is 2.44. The van der Waals surface area contributed by atoms with Gasteiger partial charge in [-0.05, 0) is 38.0 Å². The number of carbonyl (C=O) groups is 1. The maximum Gasteiger partial charge on any atom is 0.264 e. The van der Waals surface area contributed by atoms with Gasteiger partial charge in [0.1, 0.15) is 17.3 Å². The number of amides is 1. The van der Waals surface area contributed by atoms with Gasteiger partial charge in [0.05, 0.1) is 0 Å². The third kappa shape index (κ3) is 5.30. The fraction of sp³-hybridized carbons (Fsp3) is 0.412. The van der Waals surface area contributed by atoms with E-state index >= 15 is 0 Å². The third-order valence-electron chi connectivity index (χ3n) is 3.67. The lowest BCUT2D eigenvalue weighted by Gasteiger charge is -2.04. The van der Waals surface area contributed by atoms with Crippen LogP contribution in [0.2, 0.25) is 5.02 Å². The Morgan fingerprint density at radius 3 is 2.65 bits per heavy atom. The molecule has 26 heavy (non-hydrogen) atoms. The molecule has 1 aliphatic heterocycles. The number of hydrogen-bond donors (Lipinski definition) is 2. The van der Waals surface area contributed by atoms with E-state index < -0.39 is 10.0 Å². The second-order valence-electron chi connectivity index (χ2n) is 5.63. The number of amidine groups is 1. The van der Waals surface area contributed by atoms with Gasteiger partial charge in [-0.15, -0.1) is 0 Å². The quantitative estimate of drug-likeness (QED) is 0.653. The van der Waals surface area contributed by atoms with Crippen LogP contribution in [0.25, 0.3) is 4.91 Å². The van der Waals surface area contributed by atoms with Crippen LogP contribution in [0, 0.1) is 0 Å². The smallest absolute Gasteiger partial charge is 0.264 e. The monoisotopic (exact) mass is 399 g/mol. The Morgan fingerprint density at radius 2 is 2.00 bits per heavy atom. The summed E-state index contributed by atoms with van der Waals surface area (Å²) in [5, 5.41) is 3.23. The zero-order chi connectivity index (χ0) is 19.2. The molecule has 0 saturated carbocycles. The lowest BCUT2D eigenvalue weighted by atomic mass is 10.1. The molecule has 1 aliphatic rings. The van der Waals surface area contributed by atoms with Crippen molar-refractivity contribution in [3.63, 3.8) is 0 Å². The van der Waals surface area contributed by atoms with Crippen molar-refractivity contribution >= 4 is 38.3 Å². The van der Waals surface area contributed by atoms with Gasteiger partial charge in [-0.25, -0.2) is 8.42 Å². The van der Waals surface area contributed by atoms with Crippen LogP contribution in [0.3, 0.4) is 0 Å². The summed E-state index contributed by atoms with van der Waals surface area (Å²) in [5.74, 6) is -0.0969. The summed E-state index contributed by atoms with van der Waals surface area (Å²) < 4.78 is 32.4. The molecule has 0 atom stereocenters. The Labute approximate surface area is 158 Å². The molecule has 0 unspecified atom stereocenters. The van der Waals surface area contributed by atoms with Crippen molar-refractivity contribution in [2.24, 2.45) is 4.99 Å². The van der Waals surface area contributed by atoms with Crippen LogP contribution < -0.4 is 10.0 Å². The van der Waals surface area contributed by atoms with Gasteiger partial charge < -0.3 is 10.1 Å². The van der Waals surface area contributed by atoms with Crippen molar-refractivity contribution in [3.8, 4) is 0 Å². The summed E-state index contributed by atoms with van der Waals surface area (Å²) in [4.78, 5) is 16.1. The Balaban J connectivity index is 2.05. The molecule has 1 amide bonds. The summed E-state index contributed by atoms with van der Waals surface area (Å²) in [6.45, 7) is 5.12. The number of nitrogens with zero attached hydrogens (tertiary/aromatic N) is 1. The second kappa shape index (κ2) is 9.16. The summed E-state index contributed by atoms with van der Waals surface area (Å²) in [7, 11) is -3.72. The molecule has 142 valence electrons. The van der Waals surface area contributed by atoms with Crippen LogP contribution in [0.1, 0.15) is 25.8 Å². The van der Waals surface area contributed by atoms with E-state index in [0.29, 0.717) is 42.3 Å². The normalized spacial score (nSPS) is 17.4. The molecule has 2 N–H and O–H groups in total. The van der Waals surface area contributed by atoms with Gasteiger partial charge in [0.15, 0.2) is 0 Å². The van der Waals surface area contributed by atoms with Crippen molar-refractivity contribution in [2.75, 3.05) is 26.3 Å². The van der Waals surface area contributed by atoms with E-state index in [-0.39, 0.29) is 23.2 Å². The van der Waals surface area contributed by atoms with Crippen LogP contribution in [0.15, 0.2) is 34.8 Å². The zero-order valence-electron chi connectivity index (χ0n) is 14.7. The van der Waals surface area contributed by atoms with Gasteiger partial charge in [-0.1, -0.05) is 23.7 Å². The van der Waals surface area contributed by atoms with E-state index in [9.17, 15) is 13.2 Å². The standard InChI is InChI=1S/C17H22ClN3O4S/c1-3-25-10-4-9-19-15(22)11-20-17-12(2)16(26(23,24)21-17)13-5-7-14(18)8-6-13/h5-8H,3-4,9-11H2,1-2H3,(H,19,22)(H,20,21). The lowest BCUT2D eigenvalue weighted by Crippen LogP contribution is -2.29. The van der Waals surface area contributed by atoms with Crippen LogP contribution in [-0.2, 0) is 19.6 Å². The van der Waals surface area contributed by atoms with Crippen molar-refractivity contribution < 1.29 is 17.9 Å². The summed E-state index contributed by atoms with van der Waals surface area (Å²) >= 11 is 5.85. The Hall–Kier alpha value is -1.90. The topological polar surface area (TPSA) is 96.9 Å². The van der Waals surface area contributed by atoms with E-state index in [1.807, 2.05) is 6.92 Å².